The maximum Gasteiger partial charge on any atom is 0.408 e. The maximum atomic E-state index is 12.8. The van der Waals surface area contributed by atoms with E-state index in [1.807, 2.05) is 52.0 Å². The van der Waals surface area contributed by atoms with Crippen molar-refractivity contribution in [2.75, 3.05) is 5.32 Å². The number of carbonyl (C=O) groups is 3. The van der Waals surface area contributed by atoms with E-state index in [0.717, 1.165) is 21.6 Å². The van der Waals surface area contributed by atoms with Crippen LogP contribution in [0, 0.1) is 5.41 Å². The van der Waals surface area contributed by atoms with Crippen LogP contribution >= 0.6 is 11.3 Å². The number of ether oxygens (including phenoxy) is 1. The second-order valence-corrected chi connectivity index (χ2v) is 10.3. The van der Waals surface area contributed by atoms with Crippen LogP contribution in [0.4, 0.5) is 10.6 Å². The number of H-pyrrole nitrogens is 1. The summed E-state index contributed by atoms with van der Waals surface area (Å²) >= 11 is 1.57. The number of benzene rings is 1. The van der Waals surface area contributed by atoms with Gasteiger partial charge in [0.1, 0.15) is 18.0 Å². The van der Waals surface area contributed by atoms with Gasteiger partial charge in [-0.1, -0.05) is 52.7 Å². The average molecular weight is 486 g/mol. The van der Waals surface area contributed by atoms with Crippen molar-refractivity contribution < 1.29 is 19.1 Å². The molecule has 0 fully saturated rings. The third kappa shape index (κ3) is 6.86. The molecule has 2 atom stereocenters. The van der Waals surface area contributed by atoms with Crippen molar-refractivity contribution in [2.45, 2.75) is 65.5 Å². The minimum absolute atomic E-state index is 0.304. The van der Waals surface area contributed by atoms with Gasteiger partial charge in [-0.3, -0.25) is 14.7 Å². The van der Waals surface area contributed by atoms with E-state index in [1.165, 1.54) is 12.3 Å². The van der Waals surface area contributed by atoms with Crippen LogP contribution in [0.3, 0.4) is 0 Å². The molecule has 3 aromatic rings. The number of nitrogens with one attached hydrogen (secondary N) is 3. The Labute approximate surface area is 202 Å². The topological polar surface area (TPSA) is 126 Å². The summed E-state index contributed by atoms with van der Waals surface area (Å²) in [6.07, 6.45) is 2.51. The predicted octanol–water partition coefficient (Wildman–Crippen LogP) is 4.47. The van der Waals surface area contributed by atoms with Gasteiger partial charge in [0, 0.05) is 12.5 Å². The highest BCUT2D eigenvalue weighted by Gasteiger charge is 2.32. The fourth-order valence-corrected chi connectivity index (χ4v) is 4.34. The van der Waals surface area contributed by atoms with Gasteiger partial charge in [-0.15, -0.1) is 11.3 Å². The first-order valence-corrected chi connectivity index (χ1v) is 12.1. The normalized spacial score (nSPS) is 13.3. The molecule has 0 radical (unpaired) electrons. The molecular formula is C24H31N5O4S. The number of hydrogen-bond donors (Lipinski definition) is 3. The molecule has 3 N–H and O–H groups in total. The van der Waals surface area contributed by atoms with Crippen molar-refractivity contribution >= 4 is 45.2 Å². The standard InChI is InChI=1S/C24H31N5O4S/c1-5-6-9-16(21(30)22(31)28-19-12-13-25-29-19)27-23(32)33-18(24(2,3)4)14-20-26-15-10-7-8-11-17(15)34-20/h7-8,10-13,16,18H,5-6,9,14H2,1-4H3,(H,27,32)(H2,25,28,29,31)/t16-,18-/m0/s1. The lowest BCUT2D eigenvalue weighted by Crippen LogP contribution is -2.47. The Bertz CT molecular complexity index is 1090. The van der Waals surface area contributed by atoms with Crippen LogP contribution in [0.25, 0.3) is 10.2 Å². The second-order valence-electron chi connectivity index (χ2n) is 9.17. The number of thiazole rings is 1. The molecule has 0 aliphatic heterocycles. The second kappa shape index (κ2) is 11.2. The number of aromatic amines is 1. The van der Waals surface area contributed by atoms with E-state index in [-0.39, 0.29) is 5.41 Å². The fraction of sp³-hybridized carbons (Fsp3) is 0.458. The summed E-state index contributed by atoms with van der Waals surface area (Å²) in [5.41, 5.74) is 0.545. The van der Waals surface area contributed by atoms with Crippen LogP contribution in [-0.2, 0) is 20.7 Å². The molecular weight excluding hydrogens is 454 g/mol. The lowest BCUT2D eigenvalue weighted by molar-refractivity contribution is -0.136. The Morgan fingerprint density at radius 1 is 1.18 bits per heavy atom. The Morgan fingerprint density at radius 2 is 1.94 bits per heavy atom. The maximum absolute atomic E-state index is 12.8. The number of rotatable bonds is 10. The minimum atomic E-state index is -0.988. The fourth-order valence-electron chi connectivity index (χ4n) is 3.34. The third-order valence-corrected chi connectivity index (χ3v) is 6.40. The Morgan fingerprint density at radius 3 is 2.59 bits per heavy atom. The van der Waals surface area contributed by atoms with Crippen LogP contribution in [0.15, 0.2) is 36.5 Å². The summed E-state index contributed by atoms with van der Waals surface area (Å²) in [6.45, 7) is 7.92. The number of Topliss-reactive ketones (excluding diaryl/α,β-unsaturated/α-hetero) is 1. The van der Waals surface area contributed by atoms with Crippen molar-refractivity contribution in [1.82, 2.24) is 20.5 Å². The van der Waals surface area contributed by atoms with Crippen molar-refractivity contribution in [3.63, 3.8) is 0 Å². The zero-order chi connectivity index (χ0) is 24.7. The van der Waals surface area contributed by atoms with Crippen LogP contribution in [0.2, 0.25) is 0 Å². The number of alkyl carbamates (subject to hydrolysis) is 1. The van der Waals surface area contributed by atoms with Crippen LogP contribution in [0.1, 0.15) is 52.0 Å². The lowest BCUT2D eigenvalue weighted by Gasteiger charge is -2.30. The number of amides is 2. The van der Waals surface area contributed by atoms with Gasteiger partial charge in [0.05, 0.1) is 21.4 Å². The zero-order valence-corrected chi connectivity index (χ0v) is 20.7. The quantitative estimate of drug-likeness (QED) is 0.364. The van der Waals surface area contributed by atoms with Crippen molar-refractivity contribution in [3.05, 3.63) is 41.5 Å². The van der Waals surface area contributed by atoms with Crippen LogP contribution in [-0.4, -0.2) is 45.1 Å². The minimum Gasteiger partial charge on any atom is -0.445 e. The van der Waals surface area contributed by atoms with Gasteiger partial charge >= 0.3 is 6.09 Å². The Hall–Kier alpha value is -3.27. The van der Waals surface area contributed by atoms with E-state index >= 15 is 0 Å². The molecule has 34 heavy (non-hydrogen) atoms. The largest absolute Gasteiger partial charge is 0.445 e. The molecule has 0 spiro atoms. The number of hydrogen-bond acceptors (Lipinski definition) is 7. The van der Waals surface area contributed by atoms with E-state index in [1.54, 1.807) is 11.3 Å². The highest BCUT2D eigenvalue weighted by molar-refractivity contribution is 7.18. The van der Waals surface area contributed by atoms with E-state index in [2.05, 4.69) is 25.8 Å². The van der Waals surface area contributed by atoms with Crippen molar-refractivity contribution in [3.8, 4) is 0 Å². The van der Waals surface area contributed by atoms with Gasteiger partial charge in [0.2, 0.25) is 5.78 Å². The number of fused-ring (bicyclic) bond motifs is 1. The summed E-state index contributed by atoms with van der Waals surface area (Å²) in [5.74, 6) is -1.26. The van der Waals surface area contributed by atoms with E-state index in [9.17, 15) is 14.4 Å². The number of unbranched alkanes of at least 4 members (excludes halogenated alkanes) is 1. The van der Waals surface area contributed by atoms with Gasteiger partial charge in [-0.25, -0.2) is 9.78 Å². The first-order chi connectivity index (χ1) is 16.2. The molecule has 0 unspecified atom stereocenters. The van der Waals surface area contributed by atoms with Crippen LogP contribution in [0.5, 0.6) is 0 Å². The van der Waals surface area contributed by atoms with Gasteiger partial charge in [-0.05, 0) is 24.0 Å². The van der Waals surface area contributed by atoms with Gasteiger partial charge in [-0.2, -0.15) is 5.10 Å². The summed E-state index contributed by atoms with van der Waals surface area (Å²) in [6, 6.07) is 8.41. The number of nitrogens with zero attached hydrogens (tertiary/aromatic N) is 2. The average Bonchev–Trinajstić information content (AvgIpc) is 3.44. The third-order valence-electron chi connectivity index (χ3n) is 5.34. The molecule has 0 bridgehead atoms. The number of aromatic nitrogens is 3. The highest BCUT2D eigenvalue weighted by atomic mass is 32.1. The SMILES string of the molecule is CCCC[C@H](NC(=O)O[C@@H](Cc1nc2ccccc2s1)C(C)(C)C)C(=O)C(=O)Nc1ccn[nH]1. The lowest BCUT2D eigenvalue weighted by atomic mass is 9.87. The first kappa shape index (κ1) is 25.4. The summed E-state index contributed by atoms with van der Waals surface area (Å²) < 4.78 is 6.85. The van der Waals surface area contributed by atoms with Gasteiger partial charge < -0.3 is 15.4 Å². The highest BCUT2D eigenvalue weighted by Crippen LogP contribution is 2.29. The first-order valence-electron chi connectivity index (χ1n) is 11.3. The Balaban J connectivity index is 1.68. The zero-order valence-electron chi connectivity index (χ0n) is 19.9. The molecule has 0 saturated carbocycles. The van der Waals surface area contributed by atoms with Gasteiger partial charge in [0.25, 0.3) is 5.91 Å². The molecule has 182 valence electrons. The molecule has 10 heteroatoms. The summed E-state index contributed by atoms with van der Waals surface area (Å²) in [5, 5.41) is 12.2. The molecule has 1 aromatic carbocycles. The van der Waals surface area contributed by atoms with Crippen molar-refractivity contribution in [2.24, 2.45) is 5.41 Å². The molecule has 0 aliphatic rings. The number of anilines is 1. The smallest absolute Gasteiger partial charge is 0.408 e. The van der Waals surface area contributed by atoms with E-state index in [4.69, 9.17) is 4.74 Å². The van der Waals surface area contributed by atoms with E-state index in [0.29, 0.717) is 25.1 Å². The molecule has 2 heterocycles. The monoisotopic (exact) mass is 485 g/mol. The summed E-state index contributed by atoms with van der Waals surface area (Å²) in [7, 11) is 0. The molecule has 0 saturated heterocycles. The predicted molar refractivity (Wildman–Crippen MR) is 132 cm³/mol. The molecule has 2 aromatic heterocycles. The summed E-state index contributed by atoms with van der Waals surface area (Å²) in [4.78, 5) is 42.6. The molecule has 9 nitrogen and oxygen atoms in total. The molecule has 0 aliphatic carbocycles. The number of carbonyl (C=O) groups excluding carboxylic acids is 3. The Kier molecular flexibility index (Phi) is 8.38. The number of ketones is 1. The molecule has 2 amide bonds. The van der Waals surface area contributed by atoms with E-state index < -0.39 is 29.9 Å². The van der Waals surface area contributed by atoms with Crippen molar-refractivity contribution in [1.29, 1.82) is 0 Å². The van der Waals surface area contributed by atoms with Crippen LogP contribution < -0.4 is 10.6 Å². The van der Waals surface area contributed by atoms with Gasteiger partial charge in [0.15, 0.2) is 0 Å². The molecule has 3 rings (SSSR count). The number of para-hydroxylation sites is 1.